The fourth-order valence-electron chi connectivity index (χ4n) is 1.93. The normalized spacial score (nSPS) is 11.6. The van der Waals surface area contributed by atoms with Gasteiger partial charge in [-0.2, -0.15) is 5.10 Å². The lowest BCUT2D eigenvalue weighted by atomic mass is 10.2. The highest BCUT2D eigenvalue weighted by atomic mass is 35.5. The number of nitrogens with one attached hydrogen (secondary N) is 1. The van der Waals surface area contributed by atoms with E-state index in [0.717, 1.165) is 15.4 Å². The highest BCUT2D eigenvalue weighted by molar-refractivity contribution is 7.92. The summed E-state index contributed by atoms with van der Waals surface area (Å²) in [6.45, 7) is 1.36. The molecule has 2 aromatic rings. The number of amides is 1. The Morgan fingerprint density at radius 3 is 2.79 bits per heavy atom. The Morgan fingerprint density at radius 1 is 1.42 bits per heavy atom. The predicted octanol–water partition coefficient (Wildman–Crippen LogP) is 2.63. The van der Waals surface area contributed by atoms with Crippen LogP contribution in [0.2, 0.25) is 5.02 Å². The average molecular weight is 386 g/mol. The van der Waals surface area contributed by atoms with Crippen molar-refractivity contribution in [2.24, 2.45) is 5.10 Å². The molecule has 2 rings (SSSR count). The second kappa shape index (κ2) is 7.78. The van der Waals surface area contributed by atoms with Gasteiger partial charge in [-0.05, 0) is 36.1 Å². The Morgan fingerprint density at radius 2 is 2.17 bits per heavy atom. The molecule has 0 fully saturated rings. The molecule has 0 aliphatic heterocycles. The van der Waals surface area contributed by atoms with Gasteiger partial charge in [0.2, 0.25) is 10.0 Å². The SMILES string of the molecule is Cc1ccc(Cl)cc1N(CC(=O)N/N=C\c1cccs1)S(C)(=O)=O. The Bertz CT molecular complexity index is 849. The molecule has 1 amide bonds. The highest BCUT2D eigenvalue weighted by Crippen LogP contribution is 2.26. The number of carbonyl (C=O) groups excluding carboxylic acids is 1. The summed E-state index contributed by atoms with van der Waals surface area (Å²) < 4.78 is 25.1. The molecule has 9 heteroatoms. The minimum Gasteiger partial charge on any atom is -0.271 e. The summed E-state index contributed by atoms with van der Waals surface area (Å²) in [5.41, 5.74) is 3.38. The van der Waals surface area contributed by atoms with E-state index in [1.807, 2.05) is 17.5 Å². The van der Waals surface area contributed by atoms with Crippen LogP contribution in [0.4, 0.5) is 5.69 Å². The smallest absolute Gasteiger partial charge is 0.260 e. The first-order chi connectivity index (χ1) is 11.3. The van der Waals surface area contributed by atoms with Gasteiger partial charge in [-0.3, -0.25) is 9.10 Å². The van der Waals surface area contributed by atoms with Crippen LogP contribution in [0.25, 0.3) is 0 Å². The second-order valence-corrected chi connectivity index (χ2v) is 8.33. The van der Waals surface area contributed by atoms with Crippen molar-refractivity contribution in [3.05, 3.63) is 51.2 Å². The Kier molecular flexibility index (Phi) is 5.98. The van der Waals surface area contributed by atoms with Gasteiger partial charge in [-0.25, -0.2) is 13.8 Å². The van der Waals surface area contributed by atoms with Crippen molar-refractivity contribution in [3.63, 3.8) is 0 Å². The monoisotopic (exact) mass is 385 g/mol. The number of carbonyl (C=O) groups is 1. The molecule has 1 aromatic heterocycles. The maximum absolute atomic E-state index is 12.1. The van der Waals surface area contributed by atoms with Crippen LogP contribution < -0.4 is 9.73 Å². The number of aryl methyl sites for hydroxylation is 1. The molecule has 0 radical (unpaired) electrons. The van der Waals surface area contributed by atoms with E-state index in [9.17, 15) is 13.2 Å². The third-order valence-electron chi connectivity index (χ3n) is 3.05. The number of hydrogen-bond donors (Lipinski definition) is 1. The van der Waals surface area contributed by atoms with E-state index in [2.05, 4.69) is 10.5 Å². The number of benzene rings is 1. The number of halogens is 1. The fourth-order valence-corrected chi connectivity index (χ4v) is 3.59. The number of sulfonamides is 1. The molecular weight excluding hydrogens is 370 g/mol. The Labute approximate surface area is 149 Å². The molecule has 6 nitrogen and oxygen atoms in total. The third kappa shape index (κ3) is 5.05. The lowest BCUT2D eigenvalue weighted by Gasteiger charge is -2.23. The van der Waals surface area contributed by atoms with Gasteiger partial charge < -0.3 is 0 Å². The first-order valence-electron chi connectivity index (χ1n) is 6.86. The van der Waals surface area contributed by atoms with E-state index in [1.165, 1.54) is 23.6 Å². The number of hydrazone groups is 1. The second-order valence-electron chi connectivity index (χ2n) is 5.01. The average Bonchev–Trinajstić information content (AvgIpc) is 3.00. The zero-order valence-corrected chi connectivity index (χ0v) is 15.5. The highest BCUT2D eigenvalue weighted by Gasteiger charge is 2.22. The van der Waals surface area contributed by atoms with Crippen molar-refractivity contribution >= 4 is 50.8 Å². The number of anilines is 1. The molecule has 0 atom stereocenters. The van der Waals surface area contributed by atoms with Gasteiger partial charge in [0, 0.05) is 9.90 Å². The van der Waals surface area contributed by atoms with Gasteiger partial charge in [-0.1, -0.05) is 23.7 Å². The molecule has 0 saturated heterocycles. The van der Waals surface area contributed by atoms with Gasteiger partial charge in [0.25, 0.3) is 5.91 Å². The lowest BCUT2D eigenvalue weighted by Crippen LogP contribution is -2.39. The Hall–Kier alpha value is -1.90. The van der Waals surface area contributed by atoms with Crippen LogP contribution in [0, 0.1) is 6.92 Å². The van der Waals surface area contributed by atoms with Gasteiger partial charge in [-0.15, -0.1) is 11.3 Å². The molecule has 0 saturated carbocycles. The van der Waals surface area contributed by atoms with Crippen LogP contribution in [-0.4, -0.2) is 33.3 Å². The van der Waals surface area contributed by atoms with Crippen LogP contribution in [0.1, 0.15) is 10.4 Å². The maximum Gasteiger partial charge on any atom is 0.260 e. The van der Waals surface area contributed by atoms with E-state index in [-0.39, 0.29) is 6.54 Å². The van der Waals surface area contributed by atoms with Gasteiger partial charge >= 0.3 is 0 Å². The maximum atomic E-state index is 12.1. The summed E-state index contributed by atoms with van der Waals surface area (Å²) in [5.74, 6) is -0.549. The van der Waals surface area contributed by atoms with Crippen molar-refractivity contribution in [1.29, 1.82) is 0 Å². The molecule has 0 spiro atoms. The molecule has 24 heavy (non-hydrogen) atoms. The molecular formula is C15H16ClN3O3S2. The van der Waals surface area contributed by atoms with Crippen LogP contribution in [0.3, 0.4) is 0 Å². The number of rotatable bonds is 6. The molecule has 0 aliphatic rings. The van der Waals surface area contributed by atoms with E-state index in [0.29, 0.717) is 16.3 Å². The summed E-state index contributed by atoms with van der Waals surface area (Å²) in [6, 6.07) is 8.58. The van der Waals surface area contributed by atoms with Crippen molar-refractivity contribution in [3.8, 4) is 0 Å². The van der Waals surface area contributed by atoms with E-state index < -0.39 is 15.9 Å². The molecule has 0 aliphatic carbocycles. The molecule has 1 heterocycles. The first-order valence-corrected chi connectivity index (χ1v) is 9.97. The van der Waals surface area contributed by atoms with Gasteiger partial charge in [0.05, 0.1) is 18.2 Å². The zero-order valence-electron chi connectivity index (χ0n) is 13.1. The van der Waals surface area contributed by atoms with Gasteiger partial charge in [0.1, 0.15) is 6.54 Å². The number of thiophene rings is 1. The quantitative estimate of drug-likeness (QED) is 0.613. The van der Waals surface area contributed by atoms with E-state index in [1.54, 1.807) is 19.1 Å². The molecule has 0 unspecified atom stereocenters. The number of hydrogen-bond acceptors (Lipinski definition) is 5. The van der Waals surface area contributed by atoms with Gasteiger partial charge in [0.15, 0.2) is 0 Å². The summed E-state index contributed by atoms with van der Waals surface area (Å²) >= 11 is 7.42. The van der Waals surface area contributed by atoms with Crippen molar-refractivity contribution < 1.29 is 13.2 Å². The van der Waals surface area contributed by atoms with Crippen LogP contribution in [0.15, 0.2) is 40.8 Å². The Balaban J connectivity index is 2.15. The summed E-state index contributed by atoms with van der Waals surface area (Å²) in [4.78, 5) is 12.9. The zero-order chi connectivity index (χ0) is 17.7. The first kappa shape index (κ1) is 18.4. The minimum atomic E-state index is -3.66. The van der Waals surface area contributed by atoms with Crippen molar-refractivity contribution in [2.75, 3.05) is 17.1 Å². The molecule has 128 valence electrons. The standard InChI is InChI=1S/C15H16ClN3O3S2/c1-11-5-6-12(16)8-14(11)19(24(2,21)22)10-15(20)18-17-9-13-4-3-7-23-13/h3-9H,10H2,1-2H3,(H,18,20)/b17-9-. The minimum absolute atomic E-state index is 0.363. The number of nitrogens with zero attached hydrogens (tertiary/aromatic N) is 2. The van der Waals surface area contributed by atoms with Crippen molar-refractivity contribution in [2.45, 2.75) is 6.92 Å². The largest absolute Gasteiger partial charge is 0.271 e. The van der Waals surface area contributed by atoms with E-state index in [4.69, 9.17) is 11.6 Å². The predicted molar refractivity (Wildman–Crippen MR) is 98.4 cm³/mol. The summed E-state index contributed by atoms with van der Waals surface area (Å²) in [7, 11) is -3.66. The van der Waals surface area contributed by atoms with Crippen LogP contribution in [-0.2, 0) is 14.8 Å². The van der Waals surface area contributed by atoms with Crippen LogP contribution in [0.5, 0.6) is 0 Å². The lowest BCUT2D eigenvalue weighted by molar-refractivity contribution is -0.119. The molecule has 1 aromatic carbocycles. The van der Waals surface area contributed by atoms with Crippen LogP contribution >= 0.6 is 22.9 Å². The molecule has 0 bridgehead atoms. The summed E-state index contributed by atoms with van der Waals surface area (Å²) in [6.07, 6.45) is 2.54. The van der Waals surface area contributed by atoms with Crippen molar-refractivity contribution in [1.82, 2.24) is 5.43 Å². The topological polar surface area (TPSA) is 78.8 Å². The fraction of sp³-hybridized carbons (Fsp3) is 0.200. The summed E-state index contributed by atoms with van der Waals surface area (Å²) in [5, 5.41) is 6.10. The molecule has 1 N–H and O–H groups in total. The third-order valence-corrected chi connectivity index (χ3v) is 5.22. The van der Waals surface area contributed by atoms with E-state index >= 15 is 0 Å².